The highest BCUT2D eigenvalue weighted by Crippen LogP contribution is 2.39. The first-order valence-electron chi connectivity index (χ1n) is 12.6. The fourth-order valence-corrected chi connectivity index (χ4v) is 5.44. The van der Waals surface area contributed by atoms with E-state index in [1.54, 1.807) is 0 Å². The molecule has 3 aromatic carbocycles. The van der Waals surface area contributed by atoms with E-state index in [9.17, 15) is 0 Å². The maximum atomic E-state index is 5.02. The number of hydrogen-bond acceptors (Lipinski definition) is 1. The second kappa shape index (κ2) is 8.27. The molecule has 0 amide bonds. The molecule has 2 heteroatoms. The van der Waals surface area contributed by atoms with Crippen molar-refractivity contribution >= 4 is 27.3 Å². The lowest BCUT2D eigenvalue weighted by atomic mass is 9.87. The first-order chi connectivity index (χ1) is 16.2. The molecule has 0 saturated heterocycles. The van der Waals surface area contributed by atoms with Gasteiger partial charge in [-0.2, -0.15) is 0 Å². The second-order valence-electron chi connectivity index (χ2n) is 11.6. The molecule has 5 rings (SSSR count). The molecular weight excluding hydrogens is 412 g/mol. The number of rotatable bonds is 4. The lowest BCUT2D eigenvalue weighted by Gasteiger charge is -2.21. The largest absolute Gasteiger partial charge is 0.292 e. The van der Waals surface area contributed by atoms with Gasteiger partial charge in [0.05, 0.1) is 17.4 Å². The minimum absolute atomic E-state index is 0.246. The van der Waals surface area contributed by atoms with E-state index in [2.05, 4.69) is 120 Å². The number of hydrogen-bond donors (Lipinski definition) is 0. The molecule has 0 atom stereocenters. The Hall–Kier alpha value is -3.13. The van der Waals surface area contributed by atoms with Crippen LogP contribution in [0.4, 0.5) is 0 Å². The van der Waals surface area contributed by atoms with Crippen LogP contribution in [0, 0.1) is 5.41 Å². The molecule has 0 fully saturated rings. The quantitative estimate of drug-likeness (QED) is 0.251. The summed E-state index contributed by atoms with van der Waals surface area (Å²) >= 11 is 0. The van der Waals surface area contributed by atoms with Crippen molar-refractivity contribution in [3.05, 3.63) is 83.6 Å². The van der Waals surface area contributed by atoms with Crippen LogP contribution in [0.15, 0.2) is 66.9 Å². The molecule has 0 N–H and O–H groups in total. The van der Waals surface area contributed by atoms with Crippen LogP contribution in [-0.4, -0.2) is 9.38 Å². The minimum atomic E-state index is 0.246. The average Bonchev–Trinajstić information content (AvgIpc) is 3.22. The molecule has 0 aliphatic heterocycles. The highest BCUT2D eigenvalue weighted by molar-refractivity contribution is 6.12. The summed E-state index contributed by atoms with van der Waals surface area (Å²) in [5, 5.41) is 3.79. The summed E-state index contributed by atoms with van der Waals surface area (Å²) < 4.78 is 2.41. The van der Waals surface area contributed by atoms with Crippen LogP contribution in [0.5, 0.6) is 0 Å². The summed E-state index contributed by atoms with van der Waals surface area (Å²) in [5.41, 5.74) is 9.21. The van der Waals surface area contributed by atoms with E-state index in [-0.39, 0.29) is 5.41 Å². The van der Waals surface area contributed by atoms with Crippen molar-refractivity contribution in [3.63, 3.8) is 0 Å². The topological polar surface area (TPSA) is 17.3 Å². The highest BCUT2D eigenvalue weighted by Gasteiger charge is 2.21. The van der Waals surface area contributed by atoms with Gasteiger partial charge >= 0.3 is 0 Å². The van der Waals surface area contributed by atoms with E-state index in [1.807, 2.05) is 0 Å². The van der Waals surface area contributed by atoms with Crippen molar-refractivity contribution in [1.29, 1.82) is 0 Å². The zero-order valence-electron chi connectivity index (χ0n) is 21.6. The first-order valence-corrected chi connectivity index (χ1v) is 12.6. The highest BCUT2D eigenvalue weighted by atomic mass is 15.0. The van der Waals surface area contributed by atoms with E-state index in [0.29, 0.717) is 11.8 Å². The molecule has 0 bridgehead atoms. The molecule has 0 saturated carbocycles. The predicted octanol–water partition coefficient (Wildman–Crippen LogP) is 9.14. The Kier molecular flexibility index (Phi) is 5.51. The van der Waals surface area contributed by atoms with Crippen LogP contribution in [0.1, 0.15) is 77.0 Å². The Morgan fingerprint density at radius 1 is 0.765 bits per heavy atom. The van der Waals surface area contributed by atoms with Gasteiger partial charge in [0.15, 0.2) is 0 Å². The minimum Gasteiger partial charge on any atom is -0.292 e. The fourth-order valence-electron chi connectivity index (χ4n) is 5.44. The first kappa shape index (κ1) is 22.7. The molecule has 0 radical (unpaired) electrons. The molecule has 2 heterocycles. The Labute approximate surface area is 203 Å². The van der Waals surface area contributed by atoms with E-state index in [4.69, 9.17) is 4.98 Å². The van der Waals surface area contributed by atoms with Crippen LogP contribution in [0.3, 0.4) is 0 Å². The van der Waals surface area contributed by atoms with E-state index >= 15 is 0 Å². The standard InChI is InChI=1S/C32H36N2/c1-20(2)23-13-10-14-24(21(3)4)30(23)29-19-33-31-26-12-9-8-11-25(26)27-17-22(18-32(5,6)7)15-16-28(27)34(29)31/h8-17,19-21H,18H2,1-7H3. The predicted molar refractivity (Wildman–Crippen MR) is 147 cm³/mol. The molecule has 174 valence electrons. The SMILES string of the molecule is CC(C)c1cccc(C(C)C)c1-c1cnc2c3ccccc3c3cc(CC(C)(C)C)ccc3n12. The summed E-state index contributed by atoms with van der Waals surface area (Å²) in [6.45, 7) is 16.1. The molecule has 2 nitrogen and oxygen atoms in total. The van der Waals surface area contributed by atoms with Crippen LogP contribution in [-0.2, 0) is 6.42 Å². The fraction of sp³-hybridized carbons (Fsp3) is 0.344. The van der Waals surface area contributed by atoms with Gasteiger partial charge in [0.2, 0.25) is 0 Å². The number of benzene rings is 3. The molecule has 5 aromatic rings. The zero-order chi connectivity index (χ0) is 24.2. The molecule has 0 spiro atoms. The maximum absolute atomic E-state index is 5.02. The molecule has 0 unspecified atom stereocenters. The van der Waals surface area contributed by atoms with Crippen LogP contribution in [0.25, 0.3) is 38.6 Å². The molecule has 0 aliphatic carbocycles. The third-order valence-electron chi connectivity index (χ3n) is 6.89. The van der Waals surface area contributed by atoms with Crippen molar-refractivity contribution in [3.8, 4) is 11.3 Å². The Morgan fingerprint density at radius 2 is 1.41 bits per heavy atom. The van der Waals surface area contributed by atoms with Gasteiger partial charge in [-0.1, -0.05) is 97.0 Å². The third kappa shape index (κ3) is 3.79. The lowest BCUT2D eigenvalue weighted by Crippen LogP contribution is -2.09. The summed E-state index contributed by atoms with van der Waals surface area (Å²) in [5.74, 6) is 0.869. The van der Waals surface area contributed by atoms with E-state index < -0.39 is 0 Å². The van der Waals surface area contributed by atoms with Crippen molar-refractivity contribution < 1.29 is 0 Å². The number of nitrogens with zero attached hydrogens (tertiary/aromatic N) is 2. The van der Waals surface area contributed by atoms with Gasteiger partial charge < -0.3 is 0 Å². The lowest BCUT2D eigenvalue weighted by molar-refractivity contribution is 0.411. The maximum Gasteiger partial charge on any atom is 0.145 e. The van der Waals surface area contributed by atoms with Crippen molar-refractivity contribution in [2.45, 2.75) is 66.7 Å². The number of imidazole rings is 1. The van der Waals surface area contributed by atoms with Gasteiger partial charge in [0.25, 0.3) is 0 Å². The van der Waals surface area contributed by atoms with E-state index in [0.717, 1.165) is 12.1 Å². The smallest absolute Gasteiger partial charge is 0.145 e. The Balaban J connectivity index is 1.92. The number of pyridine rings is 1. The molecule has 0 aliphatic rings. The van der Waals surface area contributed by atoms with Gasteiger partial charge in [-0.05, 0) is 57.9 Å². The second-order valence-corrected chi connectivity index (χ2v) is 11.6. The van der Waals surface area contributed by atoms with Gasteiger partial charge in [-0.25, -0.2) is 4.98 Å². The molecule has 2 aromatic heterocycles. The van der Waals surface area contributed by atoms with Crippen LogP contribution < -0.4 is 0 Å². The monoisotopic (exact) mass is 448 g/mol. The van der Waals surface area contributed by atoms with Gasteiger partial charge in [0.1, 0.15) is 5.65 Å². The Bertz CT molecular complexity index is 1480. The average molecular weight is 449 g/mol. The van der Waals surface area contributed by atoms with Gasteiger partial charge in [-0.15, -0.1) is 0 Å². The van der Waals surface area contributed by atoms with Crippen molar-refractivity contribution in [1.82, 2.24) is 9.38 Å². The normalized spacial score (nSPS) is 12.6. The summed E-state index contributed by atoms with van der Waals surface area (Å²) in [6.07, 6.45) is 3.15. The summed E-state index contributed by atoms with van der Waals surface area (Å²) in [4.78, 5) is 5.02. The summed E-state index contributed by atoms with van der Waals surface area (Å²) in [7, 11) is 0. The third-order valence-corrected chi connectivity index (χ3v) is 6.89. The number of fused-ring (bicyclic) bond motifs is 6. The van der Waals surface area contributed by atoms with Crippen LogP contribution in [0.2, 0.25) is 0 Å². The van der Waals surface area contributed by atoms with E-state index in [1.165, 1.54) is 49.6 Å². The zero-order valence-corrected chi connectivity index (χ0v) is 21.6. The molecule has 34 heavy (non-hydrogen) atoms. The van der Waals surface area contributed by atoms with Crippen LogP contribution >= 0.6 is 0 Å². The van der Waals surface area contributed by atoms with Gasteiger partial charge in [0, 0.05) is 16.3 Å². The van der Waals surface area contributed by atoms with Crippen molar-refractivity contribution in [2.75, 3.05) is 0 Å². The Morgan fingerprint density at radius 3 is 2.03 bits per heavy atom. The number of aromatic nitrogens is 2. The van der Waals surface area contributed by atoms with Crippen molar-refractivity contribution in [2.24, 2.45) is 5.41 Å². The molecular formula is C32H36N2. The van der Waals surface area contributed by atoms with Gasteiger partial charge in [-0.3, -0.25) is 4.40 Å². The summed E-state index contributed by atoms with van der Waals surface area (Å²) in [6, 6.07) is 22.5.